The predicted octanol–water partition coefficient (Wildman–Crippen LogP) is 2.82. The Morgan fingerprint density at radius 1 is 1.57 bits per heavy atom. The van der Waals surface area contributed by atoms with Gasteiger partial charge in [-0.3, -0.25) is 0 Å². The van der Waals surface area contributed by atoms with E-state index in [-0.39, 0.29) is 5.41 Å². The molecule has 0 fully saturated rings. The number of rotatable bonds is 2. The van der Waals surface area contributed by atoms with Crippen molar-refractivity contribution < 1.29 is 0 Å². The first-order chi connectivity index (χ1) is 3.12. The minimum atomic E-state index is 0.224. The Kier molecular flexibility index (Phi) is 2.67. The summed E-state index contributed by atoms with van der Waals surface area (Å²) in [7, 11) is 0. The van der Waals surface area contributed by atoms with E-state index >= 15 is 0 Å². The van der Waals surface area contributed by atoms with Crippen LogP contribution >= 0.6 is 11.6 Å². The van der Waals surface area contributed by atoms with Crippen LogP contribution in [0.15, 0.2) is 0 Å². The Balaban J connectivity index is 3.36. The van der Waals surface area contributed by atoms with Crippen LogP contribution in [0.2, 0.25) is 0 Å². The smallest absolute Gasteiger partial charge is 0.0555 e. The van der Waals surface area contributed by atoms with Crippen LogP contribution in [0, 0.1) is 11.3 Å². The van der Waals surface area contributed by atoms with E-state index in [1.165, 1.54) is 0 Å². The molecule has 0 amide bonds. The summed E-state index contributed by atoms with van der Waals surface area (Å²) in [6.07, 6.45) is 1.11. The van der Waals surface area contributed by atoms with Crippen molar-refractivity contribution in [1.29, 1.82) is 0 Å². The zero-order valence-corrected chi connectivity index (χ0v) is 5.92. The maximum absolute atomic E-state index is 5.47. The van der Waals surface area contributed by atoms with E-state index in [1.807, 2.05) is 0 Å². The summed E-state index contributed by atoms with van der Waals surface area (Å²) < 4.78 is 0. The molecular formula is C6H12Cl. The van der Waals surface area contributed by atoms with Crippen molar-refractivity contribution in [2.45, 2.75) is 27.2 Å². The summed E-state index contributed by atoms with van der Waals surface area (Å²) >= 11 is 5.47. The summed E-state index contributed by atoms with van der Waals surface area (Å²) in [6, 6.07) is 0. The molecule has 0 heterocycles. The lowest BCUT2D eigenvalue weighted by Gasteiger charge is -2.16. The second-order valence-corrected chi connectivity index (χ2v) is 2.67. The van der Waals surface area contributed by atoms with Gasteiger partial charge >= 0.3 is 0 Å². The van der Waals surface area contributed by atoms with E-state index < -0.39 is 0 Å². The summed E-state index contributed by atoms with van der Waals surface area (Å²) in [5, 5.41) is 0. The van der Waals surface area contributed by atoms with Crippen LogP contribution in [0.3, 0.4) is 0 Å². The Bertz CT molecular complexity index is 42.1. The average molecular weight is 120 g/mol. The van der Waals surface area contributed by atoms with Gasteiger partial charge in [0.15, 0.2) is 0 Å². The van der Waals surface area contributed by atoms with E-state index in [0.717, 1.165) is 6.42 Å². The fraction of sp³-hybridized carbons (Fsp3) is 0.833. The third kappa shape index (κ3) is 2.93. The Morgan fingerprint density at radius 2 is 2.00 bits per heavy atom. The molecule has 0 nitrogen and oxygen atoms in total. The van der Waals surface area contributed by atoms with E-state index in [0.29, 0.717) is 0 Å². The van der Waals surface area contributed by atoms with E-state index in [4.69, 9.17) is 11.6 Å². The quantitative estimate of drug-likeness (QED) is 0.525. The van der Waals surface area contributed by atoms with Crippen molar-refractivity contribution in [1.82, 2.24) is 0 Å². The van der Waals surface area contributed by atoms with Crippen LogP contribution in [0.1, 0.15) is 27.2 Å². The van der Waals surface area contributed by atoms with Gasteiger partial charge in [-0.25, -0.2) is 0 Å². The highest BCUT2D eigenvalue weighted by Gasteiger charge is 2.12. The van der Waals surface area contributed by atoms with E-state index in [1.54, 1.807) is 5.88 Å². The van der Waals surface area contributed by atoms with Crippen LogP contribution < -0.4 is 0 Å². The molecule has 0 aliphatic heterocycles. The Hall–Kier alpha value is 0.290. The molecule has 1 heteroatoms. The molecule has 0 spiro atoms. The molecule has 43 valence electrons. The molecule has 0 saturated carbocycles. The molecule has 1 radical (unpaired) electrons. The standard InChI is InChI=1S/C6H12Cl/c1-4-6(2,3)5-7/h5H,4H2,1-3H3. The van der Waals surface area contributed by atoms with E-state index in [2.05, 4.69) is 20.8 Å². The summed E-state index contributed by atoms with van der Waals surface area (Å²) in [5.74, 6) is 1.72. The molecule has 0 bridgehead atoms. The largest absolute Gasteiger partial charge is 0.121 e. The summed E-state index contributed by atoms with van der Waals surface area (Å²) in [4.78, 5) is 0. The third-order valence-corrected chi connectivity index (χ3v) is 1.80. The Morgan fingerprint density at radius 3 is 2.00 bits per heavy atom. The molecule has 7 heavy (non-hydrogen) atoms. The van der Waals surface area contributed by atoms with Gasteiger partial charge in [-0.1, -0.05) is 20.8 Å². The van der Waals surface area contributed by atoms with Gasteiger partial charge < -0.3 is 0 Å². The lowest BCUT2D eigenvalue weighted by Crippen LogP contribution is -2.05. The molecule has 0 N–H and O–H groups in total. The van der Waals surface area contributed by atoms with Gasteiger partial charge in [0.2, 0.25) is 0 Å². The zero-order chi connectivity index (χ0) is 5.91. The molecular weight excluding hydrogens is 108 g/mol. The average Bonchev–Trinajstić information content (AvgIpc) is 1.68. The van der Waals surface area contributed by atoms with Crippen molar-refractivity contribution in [2.24, 2.45) is 5.41 Å². The monoisotopic (exact) mass is 119 g/mol. The second-order valence-electron chi connectivity index (χ2n) is 2.45. The van der Waals surface area contributed by atoms with Crippen molar-refractivity contribution in [3.8, 4) is 0 Å². The normalized spacial score (nSPS) is 12.0. The summed E-state index contributed by atoms with van der Waals surface area (Å²) in [5.41, 5.74) is 0.224. The van der Waals surface area contributed by atoms with Gasteiger partial charge in [-0.05, 0) is 11.8 Å². The maximum atomic E-state index is 5.47. The number of halogens is 1. The highest BCUT2D eigenvalue weighted by atomic mass is 35.5. The summed E-state index contributed by atoms with van der Waals surface area (Å²) in [6.45, 7) is 6.35. The van der Waals surface area contributed by atoms with Crippen LogP contribution in [0.4, 0.5) is 0 Å². The molecule has 0 aliphatic rings. The minimum Gasteiger partial charge on any atom is -0.121 e. The van der Waals surface area contributed by atoms with Crippen molar-refractivity contribution in [3.05, 3.63) is 5.88 Å². The van der Waals surface area contributed by atoms with Crippen LogP contribution in [0.25, 0.3) is 0 Å². The highest BCUT2D eigenvalue weighted by Crippen LogP contribution is 2.24. The molecule has 0 aromatic rings. The van der Waals surface area contributed by atoms with Crippen molar-refractivity contribution >= 4 is 11.6 Å². The fourth-order valence-corrected chi connectivity index (χ4v) is 0.231. The molecule has 0 aromatic carbocycles. The van der Waals surface area contributed by atoms with Gasteiger partial charge in [-0.15, -0.1) is 11.6 Å². The highest BCUT2D eigenvalue weighted by molar-refractivity contribution is 6.23. The van der Waals surface area contributed by atoms with Crippen LogP contribution in [-0.2, 0) is 0 Å². The van der Waals surface area contributed by atoms with Gasteiger partial charge in [0.1, 0.15) is 0 Å². The Labute approximate surface area is 50.9 Å². The maximum Gasteiger partial charge on any atom is 0.0555 e. The van der Waals surface area contributed by atoms with E-state index in [9.17, 15) is 0 Å². The van der Waals surface area contributed by atoms with Gasteiger partial charge in [0, 0.05) is 0 Å². The van der Waals surface area contributed by atoms with Gasteiger partial charge in [-0.2, -0.15) is 0 Å². The third-order valence-electron chi connectivity index (χ3n) is 1.21. The SMILES string of the molecule is CCC(C)(C)[CH]Cl. The molecule has 0 aromatic heterocycles. The first kappa shape index (κ1) is 7.29. The zero-order valence-electron chi connectivity index (χ0n) is 5.16. The number of hydrogen-bond donors (Lipinski definition) is 0. The van der Waals surface area contributed by atoms with Crippen LogP contribution in [0.5, 0.6) is 0 Å². The molecule has 0 atom stereocenters. The lowest BCUT2D eigenvalue weighted by atomic mass is 9.93. The van der Waals surface area contributed by atoms with Gasteiger partial charge in [0.25, 0.3) is 0 Å². The molecule has 0 rings (SSSR count). The van der Waals surface area contributed by atoms with Crippen molar-refractivity contribution in [3.63, 3.8) is 0 Å². The fourth-order valence-electron chi connectivity index (χ4n) is 0.0772. The van der Waals surface area contributed by atoms with Crippen LogP contribution in [-0.4, -0.2) is 0 Å². The minimum absolute atomic E-state index is 0.224. The first-order valence-corrected chi connectivity index (χ1v) is 3.00. The number of hydrogen-bond acceptors (Lipinski definition) is 0. The molecule has 0 saturated heterocycles. The predicted molar refractivity (Wildman–Crippen MR) is 34.2 cm³/mol. The van der Waals surface area contributed by atoms with Crippen molar-refractivity contribution in [2.75, 3.05) is 0 Å². The topological polar surface area (TPSA) is 0 Å². The van der Waals surface area contributed by atoms with Gasteiger partial charge in [0.05, 0.1) is 5.88 Å². The molecule has 0 aliphatic carbocycles. The second kappa shape index (κ2) is 2.56. The first-order valence-electron chi connectivity index (χ1n) is 2.57. The lowest BCUT2D eigenvalue weighted by molar-refractivity contribution is 0.445. The molecule has 0 unspecified atom stereocenters.